The highest BCUT2D eigenvalue weighted by atomic mass is 19.4. The quantitative estimate of drug-likeness (QED) is 0.246. The van der Waals surface area contributed by atoms with Crippen molar-refractivity contribution >= 4 is 17.2 Å². The summed E-state index contributed by atoms with van der Waals surface area (Å²) in [5.74, 6) is -0.840. The third-order valence-electron chi connectivity index (χ3n) is 4.12. The van der Waals surface area contributed by atoms with E-state index in [2.05, 4.69) is 5.10 Å². The monoisotopic (exact) mass is 459 g/mol. The maximum atomic E-state index is 13.1. The van der Waals surface area contributed by atoms with Crippen molar-refractivity contribution in [3.8, 4) is 0 Å². The lowest BCUT2D eigenvalue weighted by Gasteiger charge is -2.16. The second-order valence-electron chi connectivity index (χ2n) is 6.57. The molecule has 0 radical (unpaired) electrons. The molecule has 0 saturated carbocycles. The molecular formula is C21H19F6N3O2. The number of benzene rings is 1. The van der Waals surface area contributed by atoms with Gasteiger partial charge in [-0.25, -0.2) is 5.01 Å². The first-order valence-corrected chi connectivity index (χ1v) is 9.17. The molecule has 1 aromatic heterocycles. The number of allylic oxidation sites excluding steroid dienone is 1. The summed E-state index contributed by atoms with van der Waals surface area (Å²) in [5, 5.41) is 5.16. The first-order valence-electron chi connectivity index (χ1n) is 9.17. The third kappa shape index (κ3) is 6.50. The van der Waals surface area contributed by atoms with Gasteiger partial charge in [0.15, 0.2) is 0 Å². The SMILES string of the molecule is CC/C=C/N(/C=C(\C(N)=O)c1ccoc1)/N=C(\C)c1cc(C(F)(F)F)cc(C(F)(F)F)c1. The Bertz CT molecular complexity index is 1000. The Morgan fingerprint density at radius 3 is 2.12 bits per heavy atom. The second-order valence-corrected chi connectivity index (χ2v) is 6.57. The van der Waals surface area contributed by atoms with Crippen molar-refractivity contribution in [2.45, 2.75) is 32.6 Å². The van der Waals surface area contributed by atoms with Crippen LogP contribution in [0.1, 0.15) is 42.5 Å². The molecule has 5 nitrogen and oxygen atoms in total. The molecule has 0 saturated heterocycles. The number of alkyl halides is 6. The number of furan rings is 1. The number of nitrogens with zero attached hydrogens (tertiary/aromatic N) is 2. The van der Waals surface area contributed by atoms with Gasteiger partial charge in [0, 0.05) is 18.0 Å². The highest BCUT2D eigenvalue weighted by Crippen LogP contribution is 2.36. The molecule has 0 fully saturated rings. The van der Waals surface area contributed by atoms with E-state index in [1.165, 1.54) is 37.9 Å². The number of carbonyl (C=O) groups excluding carboxylic acids is 1. The summed E-state index contributed by atoms with van der Waals surface area (Å²) in [4.78, 5) is 11.8. The standard InChI is InChI=1S/C21H19F6N3O2/c1-3-4-6-30(11-18(19(28)31)14-5-7-32-12-14)29-13(2)15-8-16(20(22,23)24)10-17(9-15)21(25,26)27/h4-12H,3H2,1-2H3,(H2,28,31)/b6-4+,18-11-,29-13+. The smallest absolute Gasteiger partial charge is 0.416 e. The van der Waals surface area contributed by atoms with E-state index in [0.29, 0.717) is 24.1 Å². The maximum absolute atomic E-state index is 13.1. The molecule has 0 aliphatic carbocycles. The summed E-state index contributed by atoms with van der Waals surface area (Å²) in [5.41, 5.74) is 2.21. The summed E-state index contributed by atoms with van der Waals surface area (Å²) >= 11 is 0. The van der Waals surface area contributed by atoms with E-state index in [-0.39, 0.29) is 22.9 Å². The lowest BCUT2D eigenvalue weighted by atomic mass is 10.0. The van der Waals surface area contributed by atoms with Crippen LogP contribution >= 0.6 is 0 Å². The molecular weight excluding hydrogens is 440 g/mol. The Kier molecular flexibility index (Phi) is 7.55. The van der Waals surface area contributed by atoms with Crippen LogP contribution in [0.3, 0.4) is 0 Å². The summed E-state index contributed by atoms with van der Waals surface area (Å²) < 4.78 is 83.8. The van der Waals surface area contributed by atoms with Crippen LogP contribution in [0.4, 0.5) is 26.3 Å². The van der Waals surface area contributed by atoms with Gasteiger partial charge in [0.25, 0.3) is 5.91 Å². The van der Waals surface area contributed by atoms with Crippen LogP contribution in [0, 0.1) is 0 Å². The number of primary amides is 1. The number of hydrogen-bond acceptors (Lipinski definition) is 4. The number of halogens is 6. The van der Waals surface area contributed by atoms with Gasteiger partial charge < -0.3 is 10.2 Å². The minimum absolute atomic E-state index is 0.0314. The molecule has 0 aliphatic heterocycles. The van der Waals surface area contributed by atoms with Crippen molar-refractivity contribution in [1.82, 2.24) is 5.01 Å². The lowest BCUT2D eigenvalue weighted by molar-refractivity contribution is -0.143. The zero-order valence-corrected chi connectivity index (χ0v) is 17.0. The van der Waals surface area contributed by atoms with Gasteiger partial charge in [0.2, 0.25) is 0 Å². The molecule has 0 aliphatic rings. The molecule has 0 unspecified atom stereocenters. The first-order chi connectivity index (χ1) is 14.8. The Morgan fingerprint density at radius 1 is 1.09 bits per heavy atom. The number of hydrogen-bond donors (Lipinski definition) is 1. The normalized spacial score (nSPS) is 13.6. The van der Waals surface area contributed by atoms with E-state index in [0.717, 1.165) is 5.01 Å². The Labute approximate surface area is 179 Å². The van der Waals surface area contributed by atoms with E-state index in [1.807, 2.05) is 0 Å². The Balaban J connectivity index is 2.60. The number of hydrazone groups is 1. The molecule has 32 heavy (non-hydrogen) atoms. The summed E-state index contributed by atoms with van der Waals surface area (Å²) in [6, 6.07) is 2.64. The predicted octanol–water partition coefficient (Wildman–Crippen LogP) is 5.79. The lowest BCUT2D eigenvalue weighted by Crippen LogP contribution is -2.16. The molecule has 2 N–H and O–H groups in total. The minimum Gasteiger partial charge on any atom is -0.472 e. The van der Waals surface area contributed by atoms with Crippen LogP contribution < -0.4 is 5.73 Å². The van der Waals surface area contributed by atoms with E-state index in [9.17, 15) is 31.1 Å². The van der Waals surface area contributed by atoms with Crippen LogP contribution in [-0.4, -0.2) is 16.6 Å². The van der Waals surface area contributed by atoms with Crippen molar-refractivity contribution in [3.63, 3.8) is 0 Å². The highest BCUT2D eigenvalue weighted by molar-refractivity contribution is 6.18. The molecule has 1 heterocycles. The molecule has 172 valence electrons. The fraction of sp³-hybridized carbons (Fsp3) is 0.238. The van der Waals surface area contributed by atoms with Crippen molar-refractivity contribution in [1.29, 1.82) is 0 Å². The first kappa shape index (κ1) is 24.8. The average molecular weight is 459 g/mol. The van der Waals surface area contributed by atoms with Gasteiger partial charge >= 0.3 is 12.4 Å². The number of rotatable bonds is 7. The van der Waals surface area contributed by atoms with Crippen LogP contribution in [0.25, 0.3) is 5.57 Å². The molecule has 2 rings (SSSR count). The van der Waals surface area contributed by atoms with Crippen molar-refractivity contribution in [2.24, 2.45) is 10.8 Å². The summed E-state index contributed by atoms with van der Waals surface area (Å²) in [7, 11) is 0. The Hall–Kier alpha value is -3.50. The average Bonchev–Trinajstić information content (AvgIpc) is 3.22. The van der Waals surface area contributed by atoms with Gasteiger partial charge in [0.05, 0.1) is 34.9 Å². The zero-order chi connectivity index (χ0) is 24.1. The van der Waals surface area contributed by atoms with Crippen LogP contribution in [0.5, 0.6) is 0 Å². The van der Waals surface area contributed by atoms with Gasteiger partial charge in [-0.15, -0.1) is 0 Å². The second kappa shape index (κ2) is 9.75. The molecule has 0 spiro atoms. The van der Waals surface area contributed by atoms with Crippen molar-refractivity contribution in [2.75, 3.05) is 0 Å². The van der Waals surface area contributed by atoms with E-state index in [1.54, 1.807) is 13.0 Å². The van der Waals surface area contributed by atoms with Gasteiger partial charge in [-0.3, -0.25) is 4.79 Å². The third-order valence-corrected chi connectivity index (χ3v) is 4.12. The maximum Gasteiger partial charge on any atom is 0.416 e. The van der Waals surface area contributed by atoms with Crippen LogP contribution in [0.2, 0.25) is 0 Å². The van der Waals surface area contributed by atoms with Gasteiger partial charge in [-0.1, -0.05) is 13.0 Å². The summed E-state index contributed by atoms with van der Waals surface area (Å²) in [6.45, 7) is 3.04. The molecule has 11 heteroatoms. The fourth-order valence-corrected chi connectivity index (χ4v) is 2.54. The molecule has 1 amide bonds. The topological polar surface area (TPSA) is 71.8 Å². The van der Waals surface area contributed by atoms with Crippen molar-refractivity contribution < 1.29 is 35.6 Å². The van der Waals surface area contributed by atoms with E-state index in [4.69, 9.17) is 10.2 Å². The van der Waals surface area contributed by atoms with Gasteiger partial charge in [-0.05, 0) is 43.2 Å². The Morgan fingerprint density at radius 2 is 1.69 bits per heavy atom. The molecule has 2 aromatic rings. The van der Waals surface area contributed by atoms with Gasteiger partial charge in [0.1, 0.15) is 0 Å². The van der Waals surface area contributed by atoms with Crippen LogP contribution in [0.15, 0.2) is 64.8 Å². The van der Waals surface area contributed by atoms with E-state index >= 15 is 0 Å². The minimum atomic E-state index is -4.99. The zero-order valence-electron chi connectivity index (χ0n) is 17.0. The number of amides is 1. The van der Waals surface area contributed by atoms with Gasteiger partial charge in [-0.2, -0.15) is 31.4 Å². The number of carbonyl (C=O) groups is 1. The molecule has 0 bridgehead atoms. The van der Waals surface area contributed by atoms with Crippen LogP contribution in [-0.2, 0) is 17.1 Å². The highest BCUT2D eigenvalue weighted by Gasteiger charge is 2.37. The molecule has 0 atom stereocenters. The fourth-order valence-electron chi connectivity index (χ4n) is 2.54. The largest absolute Gasteiger partial charge is 0.472 e. The summed E-state index contributed by atoms with van der Waals surface area (Å²) in [6.07, 6.45) is -2.68. The predicted molar refractivity (Wildman–Crippen MR) is 106 cm³/mol. The van der Waals surface area contributed by atoms with Crippen molar-refractivity contribution in [3.05, 3.63) is 77.5 Å². The number of nitrogens with two attached hydrogens (primary N) is 1. The molecule has 1 aromatic carbocycles. The van der Waals surface area contributed by atoms with E-state index < -0.39 is 29.4 Å².